The number of pyridine rings is 1. The number of rotatable bonds is 10. The summed E-state index contributed by atoms with van der Waals surface area (Å²) in [4.78, 5) is 15.5. The van der Waals surface area contributed by atoms with Crippen molar-refractivity contribution in [2.75, 3.05) is 0 Å². The molecule has 4 heteroatoms. The Kier molecular flexibility index (Phi) is 6.97. The van der Waals surface area contributed by atoms with E-state index in [0.29, 0.717) is 6.42 Å². The normalized spacial score (nSPS) is 14.8. The van der Waals surface area contributed by atoms with Gasteiger partial charge in [-0.15, -0.1) is 0 Å². The van der Waals surface area contributed by atoms with Crippen LogP contribution in [0.1, 0.15) is 54.9 Å². The van der Waals surface area contributed by atoms with E-state index in [1.54, 1.807) is 12.4 Å². The molecule has 0 saturated heterocycles. The minimum Gasteiger partial charge on any atom is -0.481 e. The number of aliphatic hydroxyl groups excluding tert-OH is 1. The van der Waals surface area contributed by atoms with Crippen LogP contribution in [0.3, 0.4) is 0 Å². The first-order valence-electron chi connectivity index (χ1n) is 12.6. The summed E-state index contributed by atoms with van der Waals surface area (Å²) >= 11 is 0. The lowest BCUT2D eigenvalue weighted by molar-refractivity contribution is -0.137. The summed E-state index contributed by atoms with van der Waals surface area (Å²) in [6.45, 7) is 0. The van der Waals surface area contributed by atoms with Crippen molar-refractivity contribution in [3.8, 4) is 22.3 Å². The van der Waals surface area contributed by atoms with Crippen molar-refractivity contribution in [2.45, 2.75) is 50.0 Å². The molecular weight excluding hydrogens is 446 g/mol. The quantitative estimate of drug-likeness (QED) is 0.259. The van der Waals surface area contributed by atoms with Crippen LogP contribution >= 0.6 is 0 Å². The molecule has 2 N–H and O–H groups in total. The van der Waals surface area contributed by atoms with Crippen molar-refractivity contribution in [1.82, 2.24) is 4.98 Å². The predicted octanol–water partition coefficient (Wildman–Crippen LogP) is 6.98. The number of benzene rings is 3. The third-order valence-electron chi connectivity index (χ3n) is 7.37. The number of hydrogen-bond acceptors (Lipinski definition) is 3. The van der Waals surface area contributed by atoms with Gasteiger partial charge in [0.2, 0.25) is 0 Å². The number of hydrogen-bond donors (Lipinski definition) is 2. The minimum atomic E-state index is -0.732. The van der Waals surface area contributed by atoms with E-state index >= 15 is 0 Å². The highest BCUT2D eigenvalue weighted by Gasteiger charge is 2.45. The molecule has 36 heavy (non-hydrogen) atoms. The molecule has 5 rings (SSSR count). The molecule has 0 aliphatic heterocycles. The molecule has 1 heterocycles. The molecular formula is C32H31NO3. The molecule has 0 bridgehead atoms. The van der Waals surface area contributed by atoms with E-state index in [1.807, 2.05) is 24.3 Å². The molecule has 1 aliphatic rings. The Morgan fingerprint density at radius 2 is 1.50 bits per heavy atom. The largest absolute Gasteiger partial charge is 0.481 e. The lowest BCUT2D eigenvalue weighted by atomic mass is 9.90. The molecule has 1 atom stereocenters. The zero-order valence-electron chi connectivity index (χ0n) is 20.3. The molecule has 4 aromatic rings. The molecule has 1 aliphatic carbocycles. The second-order valence-corrected chi connectivity index (χ2v) is 9.86. The van der Waals surface area contributed by atoms with Crippen molar-refractivity contribution in [2.24, 2.45) is 0 Å². The fourth-order valence-electron chi connectivity index (χ4n) is 5.10. The van der Waals surface area contributed by atoms with Crippen LogP contribution in [0.5, 0.6) is 0 Å². The van der Waals surface area contributed by atoms with Gasteiger partial charge in [0.1, 0.15) is 0 Å². The minimum absolute atomic E-state index is 0.173. The van der Waals surface area contributed by atoms with Gasteiger partial charge in [-0.2, -0.15) is 0 Å². The Balaban J connectivity index is 1.28. The molecule has 1 aromatic heterocycles. The first-order chi connectivity index (χ1) is 17.5. The van der Waals surface area contributed by atoms with Gasteiger partial charge >= 0.3 is 5.97 Å². The average Bonchev–Trinajstić information content (AvgIpc) is 3.69. The van der Waals surface area contributed by atoms with Crippen molar-refractivity contribution in [1.29, 1.82) is 0 Å². The van der Waals surface area contributed by atoms with Crippen LogP contribution in [0.25, 0.3) is 22.3 Å². The van der Waals surface area contributed by atoms with Crippen molar-refractivity contribution >= 4 is 5.97 Å². The number of nitrogens with zero attached hydrogens (tertiary/aromatic N) is 1. The van der Waals surface area contributed by atoms with E-state index in [9.17, 15) is 15.0 Å². The van der Waals surface area contributed by atoms with Crippen molar-refractivity contribution in [3.63, 3.8) is 0 Å². The Morgan fingerprint density at radius 1 is 0.861 bits per heavy atom. The summed E-state index contributed by atoms with van der Waals surface area (Å²) < 4.78 is 0. The lowest BCUT2D eigenvalue weighted by Gasteiger charge is -2.16. The van der Waals surface area contributed by atoms with E-state index in [0.717, 1.165) is 59.1 Å². The van der Waals surface area contributed by atoms with E-state index in [-0.39, 0.29) is 11.8 Å². The molecule has 0 amide bonds. The number of aryl methyl sites for hydroxylation is 1. The highest BCUT2D eigenvalue weighted by atomic mass is 16.4. The number of aromatic nitrogens is 1. The van der Waals surface area contributed by atoms with E-state index < -0.39 is 12.1 Å². The maximum atomic E-state index is 11.2. The summed E-state index contributed by atoms with van der Waals surface area (Å²) in [6, 6.07) is 29.0. The third kappa shape index (κ3) is 5.39. The van der Waals surface area contributed by atoms with Gasteiger partial charge in [-0.05, 0) is 71.6 Å². The van der Waals surface area contributed by atoms with E-state index in [1.165, 1.54) is 5.56 Å². The Bertz CT molecular complexity index is 1310. The van der Waals surface area contributed by atoms with Crippen LogP contribution in [0, 0.1) is 0 Å². The molecule has 1 fully saturated rings. The predicted molar refractivity (Wildman–Crippen MR) is 143 cm³/mol. The van der Waals surface area contributed by atoms with Gasteiger partial charge < -0.3 is 10.2 Å². The first kappa shape index (κ1) is 24.0. The van der Waals surface area contributed by atoms with Crippen LogP contribution in [-0.2, 0) is 16.6 Å². The van der Waals surface area contributed by atoms with Gasteiger partial charge in [-0.3, -0.25) is 9.78 Å². The van der Waals surface area contributed by atoms with Crippen molar-refractivity contribution < 1.29 is 15.0 Å². The molecule has 0 spiro atoms. The van der Waals surface area contributed by atoms with Crippen LogP contribution in [-0.4, -0.2) is 21.2 Å². The first-order valence-corrected chi connectivity index (χ1v) is 12.6. The van der Waals surface area contributed by atoms with Crippen LogP contribution < -0.4 is 0 Å². The zero-order valence-corrected chi connectivity index (χ0v) is 20.3. The van der Waals surface area contributed by atoms with Gasteiger partial charge in [0, 0.05) is 23.4 Å². The number of aliphatic hydroxyl groups is 1. The Labute approximate surface area is 212 Å². The molecule has 182 valence electrons. The molecule has 1 unspecified atom stereocenters. The SMILES string of the molecule is O=C(O)CC1(c2ccc(-c3ccc(-c4ccncc4C(O)CCCc4ccccc4)cc3)cc2)CC1. The van der Waals surface area contributed by atoms with Crippen molar-refractivity contribution in [3.05, 3.63) is 114 Å². The fraction of sp³-hybridized carbons (Fsp3) is 0.250. The highest BCUT2D eigenvalue weighted by Crippen LogP contribution is 2.51. The topological polar surface area (TPSA) is 70.4 Å². The summed E-state index contributed by atoms with van der Waals surface area (Å²) in [5.74, 6) is -0.732. The van der Waals surface area contributed by atoms with Crippen LogP contribution in [0.15, 0.2) is 97.3 Å². The number of carboxylic acids is 1. The third-order valence-corrected chi connectivity index (χ3v) is 7.37. The van der Waals surface area contributed by atoms with E-state index in [2.05, 4.69) is 65.6 Å². The van der Waals surface area contributed by atoms with E-state index in [4.69, 9.17) is 0 Å². The molecule has 0 radical (unpaired) electrons. The number of carboxylic acid groups (broad SMARTS) is 1. The average molecular weight is 478 g/mol. The standard InChI is InChI=1S/C32H31NO3/c34-30(8-4-7-23-5-2-1-3-6-23)29-22-33-20-17-28(29)26-11-9-24(10-12-26)25-13-15-27(16-14-25)32(18-19-32)21-31(35)36/h1-3,5-6,9-17,20,22,30,34H,4,7-8,18-19,21H2,(H,35,36). The summed E-state index contributed by atoms with van der Waals surface area (Å²) in [7, 11) is 0. The van der Waals surface area contributed by atoms with Gasteiger partial charge in [0.15, 0.2) is 0 Å². The van der Waals surface area contributed by atoms with Crippen LogP contribution in [0.2, 0.25) is 0 Å². The van der Waals surface area contributed by atoms with Gasteiger partial charge in [-0.1, -0.05) is 78.9 Å². The monoisotopic (exact) mass is 477 g/mol. The second kappa shape index (κ2) is 10.5. The Morgan fingerprint density at radius 3 is 2.14 bits per heavy atom. The second-order valence-electron chi connectivity index (χ2n) is 9.86. The summed E-state index contributed by atoms with van der Waals surface area (Å²) in [5, 5.41) is 20.2. The smallest absolute Gasteiger partial charge is 0.304 e. The lowest BCUT2D eigenvalue weighted by Crippen LogP contribution is -2.12. The fourth-order valence-corrected chi connectivity index (χ4v) is 5.10. The maximum absolute atomic E-state index is 11.2. The number of carbonyl (C=O) groups is 1. The summed E-state index contributed by atoms with van der Waals surface area (Å²) in [6.07, 6.45) is 7.60. The maximum Gasteiger partial charge on any atom is 0.304 e. The molecule has 3 aromatic carbocycles. The van der Waals surface area contributed by atoms with Gasteiger partial charge in [-0.25, -0.2) is 0 Å². The zero-order chi connectivity index (χ0) is 25.0. The summed E-state index contributed by atoms with van der Waals surface area (Å²) in [5.41, 5.74) is 7.35. The molecule has 4 nitrogen and oxygen atoms in total. The molecule has 1 saturated carbocycles. The van der Waals surface area contributed by atoms with Gasteiger partial charge in [0.05, 0.1) is 12.5 Å². The van der Waals surface area contributed by atoms with Crippen LogP contribution in [0.4, 0.5) is 0 Å². The van der Waals surface area contributed by atoms with Gasteiger partial charge in [0.25, 0.3) is 0 Å². The number of aliphatic carboxylic acids is 1. The Hall–Kier alpha value is -3.76. The highest BCUT2D eigenvalue weighted by molar-refractivity contribution is 5.73.